The number of rotatable bonds is 6. The van der Waals surface area contributed by atoms with Crippen LogP contribution in [0, 0.1) is 5.41 Å². The van der Waals surface area contributed by atoms with Crippen LogP contribution in [0.1, 0.15) is 25.7 Å². The Kier molecular flexibility index (Phi) is 6.45. The quantitative estimate of drug-likeness (QED) is 0.832. The fraction of sp³-hybridized carbons (Fsp3) is 0.692. The SMILES string of the molecule is COCCn1cc(NC(=O)C2(CN)CCCC2)cn1.Cl. The zero-order valence-electron chi connectivity index (χ0n) is 11.8. The Morgan fingerprint density at radius 2 is 2.25 bits per heavy atom. The molecule has 1 aliphatic rings. The summed E-state index contributed by atoms with van der Waals surface area (Å²) in [4.78, 5) is 12.3. The second-order valence-corrected chi connectivity index (χ2v) is 5.13. The van der Waals surface area contributed by atoms with E-state index in [0.717, 1.165) is 31.4 Å². The topological polar surface area (TPSA) is 82.2 Å². The lowest BCUT2D eigenvalue weighted by atomic mass is 9.85. The zero-order valence-corrected chi connectivity index (χ0v) is 12.6. The van der Waals surface area contributed by atoms with Crippen LogP contribution in [-0.2, 0) is 16.1 Å². The van der Waals surface area contributed by atoms with Crippen LogP contribution in [0.5, 0.6) is 0 Å². The summed E-state index contributed by atoms with van der Waals surface area (Å²) in [6, 6.07) is 0. The fourth-order valence-electron chi connectivity index (χ4n) is 2.57. The summed E-state index contributed by atoms with van der Waals surface area (Å²) in [7, 11) is 1.65. The molecule has 3 N–H and O–H groups in total. The normalized spacial score (nSPS) is 16.7. The Morgan fingerprint density at radius 3 is 2.85 bits per heavy atom. The minimum Gasteiger partial charge on any atom is -0.383 e. The average Bonchev–Trinajstić information content (AvgIpc) is 3.06. The van der Waals surface area contributed by atoms with Crippen molar-refractivity contribution >= 4 is 24.0 Å². The van der Waals surface area contributed by atoms with Crippen molar-refractivity contribution in [2.24, 2.45) is 11.1 Å². The van der Waals surface area contributed by atoms with Gasteiger partial charge in [0.05, 0.1) is 30.5 Å². The van der Waals surface area contributed by atoms with Crippen LogP contribution >= 0.6 is 12.4 Å². The Bertz CT molecular complexity index is 430. The summed E-state index contributed by atoms with van der Waals surface area (Å²) in [5.74, 6) is 0.0267. The summed E-state index contributed by atoms with van der Waals surface area (Å²) in [6.07, 6.45) is 7.40. The molecule has 0 atom stereocenters. The lowest BCUT2D eigenvalue weighted by Gasteiger charge is -2.25. The third-order valence-electron chi connectivity index (χ3n) is 3.85. The number of carbonyl (C=O) groups excluding carboxylic acids is 1. The number of nitrogens with two attached hydrogens (primary N) is 1. The number of hydrogen-bond acceptors (Lipinski definition) is 4. The first-order valence-corrected chi connectivity index (χ1v) is 6.73. The lowest BCUT2D eigenvalue weighted by molar-refractivity contribution is -0.124. The summed E-state index contributed by atoms with van der Waals surface area (Å²) in [5.41, 5.74) is 6.14. The highest BCUT2D eigenvalue weighted by Crippen LogP contribution is 2.38. The molecule has 1 heterocycles. The van der Waals surface area contributed by atoms with Crippen LogP contribution in [0.2, 0.25) is 0 Å². The van der Waals surface area contributed by atoms with Crippen LogP contribution in [-0.4, -0.2) is 35.9 Å². The number of ether oxygens (including phenoxy) is 1. The van der Waals surface area contributed by atoms with Crippen molar-refractivity contribution in [2.75, 3.05) is 25.6 Å². The molecular weight excluding hydrogens is 280 g/mol. The van der Waals surface area contributed by atoms with Crippen molar-refractivity contribution < 1.29 is 9.53 Å². The van der Waals surface area contributed by atoms with Gasteiger partial charge < -0.3 is 15.8 Å². The molecule has 1 aliphatic carbocycles. The molecule has 0 bridgehead atoms. The van der Waals surface area contributed by atoms with E-state index in [0.29, 0.717) is 19.7 Å². The van der Waals surface area contributed by atoms with Gasteiger partial charge in [-0.2, -0.15) is 5.10 Å². The van der Waals surface area contributed by atoms with Crippen LogP contribution in [0.3, 0.4) is 0 Å². The fourth-order valence-corrected chi connectivity index (χ4v) is 2.57. The molecule has 20 heavy (non-hydrogen) atoms. The highest BCUT2D eigenvalue weighted by molar-refractivity contribution is 5.95. The van der Waals surface area contributed by atoms with Crippen molar-refractivity contribution in [1.82, 2.24) is 9.78 Å². The van der Waals surface area contributed by atoms with Gasteiger partial charge in [0.2, 0.25) is 5.91 Å². The van der Waals surface area contributed by atoms with Crippen molar-refractivity contribution in [3.05, 3.63) is 12.4 Å². The van der Waals surface area contributed by atoms with E-state index in [2.05, 4.69) is 10.4 Å². The second-order valence-electron chi connectivity index (χ2n) is 5.13. The average molecular weight is 303 g/mol. The molecule has 114 valence electrons. The number of nitrogens with one attached hydrogen (secondary N) is 1. The van der Waals surface area contributed by atoms with Crippen LogP contribution in [0.4, 0.5) is 5.69 Å². The highest BCUT2D eigenvalue weighted by atomic mass is 35.5. The first-order chi connectivity index (χ1) is 9.20. The third kappa shape index (κ3) is 3.71. The first kappa shape index (κ1) is 16.9. The molecule has 0 radical (unpaired) electrons. The van der Waals surface area contributed by atoms with Gasteiger partial charge in [-0.25, -0.2) is 0 Å². The van der Waals surface area contributed by atoms with Gasteiger partial charge in [-0.05, 0) is 12.8 Å². The molecule has 1 saturated carbocycles. The summed E-state index contributed by atoms with van der Waals surface area (Å²) >= 11 is 0. The van der Waals surface area contributed by atoms with Crippen LogP contribution in [0.15, 0.2) is 12.4 Å². The molecule has 1 aromatic heterocycles. The van der Waals surface area contributed by atoms with Gasteiger partial charge in [-0.15, -0.1) is 12.4 Å². The molecule has 1 amide bonds. The Labute approximate surface area is 125 Å². The van der Waals surface area contributed by atoms with Crippen molar-refractivity contribution in [3.63, 3.8) is 0 Å². The summed E-state index contributed by atoms with van der Waals surface area (Å²) in [6.45, 7) is 1.69. The molecule has 1 aromatic rings. The number of hydrogen-bond donors (Lipinski definition) is 2. The largest absolute Gasteiger partial charge is 0.383 e. The molecule has 0 saturated heterocycles. The van der Waals surface area contributed by atoms with Crippen LogP contribution in [0.25, 0.3) is 0 Å². The molecule has 0 aromatic carbocycles. The molecule has 6 nitrogen and oxygen atoms in total. The second kappa shape index (κ2) is 7.61. The summed E-state index contributed by atoms with van der Waals surface area (Å²) in [5, 5.41) is 7.10. The van der Waals surface area contributed by atoms with Gasteiger partial charge >= 0.3 is 0 Å². The first-order valence-electron chi connectivity index (χ1n) is 6.73. The highest BCUT2D eigenvalue weighted by Gasteiger charge is 2.39. The van der Waals surface area contributed by atoms with E-state index in [1.807, 2.05) is 6.20 Å². The lowest BCUT2D eigenvalue weighted by Crippen LogP contribution is -2.40. The van der Waals surface area contributed by atoms with E-state index in [-0.39, 0.29) is 23.7 Å². The van der Waals surface area contributed by atoms with Gasteiger partial charge in [-0.1, -0.05) is 12.8 Å². The molecule has 1 fully saturated rings. The number of anilines is 1. The Morgan fingerprint density at radius 1 is 1.55 bits per heavy atom. The number of methoxy groups -OCH3 is 1. The molecule has 7 heteroatoms. The number of carbonyl (C=O) groups is 1. The van der Waals surface area contributed by atoms with E-state index in [9.17, 15) is 4.79 Å². The van der Waals surface area contributed by atoms with Crippen molar-refractivity contribution in [2.45, 2.75) is 32.2 Å². The maximum absolute atomic E-state index is 12.3. The Balaban J connectivity index is 0.00000200. The Hall–Kier alpha value is -1.11. The number of nitrogens with zero attached hydrogens (tertiary/aromatic N) is 2. The summed E-state index contributed by atoms with van der Waals surface area (Å²) < 4.78 is 6.74. The predicted octanol–water partition coefficient (Wildman–Crippen LogP) is 1.41. The van der Waals surface area contributed by atoms with Gasteiger partial charge in [0.25, 0.3) is 0 Å². The smallest absolute Gasteiger partial charge is 0.231 e. The molecule has 0 aliphatic heterocycles. The van der Waals surface area contributed by atoms with Gasteiger partial charge in [0, 0.05) is 19.9 Å². The third-order valence-corrected chi connectivity index (χ3v) is 3.85. The predicted molar refractivity (Wildman–Crippen MR) is 79.9 cm³/mol. The number of halogens is 1. The van der Waals surface area contributed by atoms with E-state index >= 15 is 0 Å². The van der Waals surface area contributed by atoms with E-state index in [4.69, 9.17) is 10.5 Å². The molecule has 0 unspecified atom stereocenters. The standard InChI is InChI=1S/C13H22N4O2.ClH/c1-19-7-6-17-9-11(8-15-17)16-12(18)13(10-14)4-2-3-5-13;/h8-9H,2-7,10,14H2,1H3,(H,16,18);1H. The van der Waals surface area contributed by atoms with E-state index < -0.39 is 0 Å². The van der Waals surface area contributed by atoms with E-state index in [1.54, 1.807) is 18.0 Å². The van der Waals surface area contributed by atoms with Crippen LogP contribution < -0.4 is 11.1 Å². The van der Waals surface area contributed by atoms with Gasteiger partial charge in [0.1, 0.15) is 0 Å². The number of aromatic nitrogens is 2. The minimum absolute atomic E-state index is 0. The van der Waals surface area contributed by atoms with Gasteiger partial charge in [-0.3, -0.25) is 9.48 Å². The maximum atomic E-state index is 12.3. The number of amides is 1. The molecule has 0 spiro atoms. The van der Waals surface area contributed by atoms with Crippen molar-refractivity contribution in [1.29, 1.82) is 0 Å². The molecule has 2 rings (SSSR count). The minimum atomic E-state index is -0.380. The van der Waals surface area contributed by atoms with Gasteiger partial charge in [0.15, 0.2) is 0 Å². The zero-order chi connectivity index (χ0) is 13.7. The van der Waals surface area contributed by atoms with E-state index in [1.165, 1.54) is 0 Å². The maximum Gasteiger partial charge on any atom is 0.231 e. The van der Waals surface area contributed by atoms with Crippen molar-refractivity contribution in [3.8, 4) is 0 Å². The molecular formula is C13H23ClN4O2. The monoisotopic (exact) mass is 302 g/mol.